The largest absolute Gasteiger partial charge is 0.299 e. The molecule has 0 heterocycles. The Balaban J connectivity index is 2.58. The molecule has 13 heavy (non-hydrogen) atoms. The maximum Gasteiger partial charge on any atom is 0.136 e. The van der Waals surface area contributed by atoms with Crippen LogP contribution in [0.15, 0.2) is 0 Å². The minimum Gasteiger partial charge on any atom is -0.299 e. The average molecular weight is 182 g/mol. The molecule has 2 atom stereocenters. The van der Waals surface area contributed by atoms with Gasteiger partial charge in [-0.1, -0.05) is 33.6 Å². The molecular weight excluding hydrogens is 160 g/mol. The molecule has 1 nitrogen and oxygen atoms in total. The number of hydrogen-bond acceptors (Lipinski definition) is 1. The fourth-order valence-electron chi connectivity index (χ4n) is 2.41. The van der Waals surface area contributed by atoms with Gasteiger partial charge in [0.15, 0.2) is 0 Å². The molecule has 0 saturated heterocycles. The van der Waals surface area contributed by atoms with E-state index in [-0.39, 0.29) is 0 Å². The molecule has 0 aromatic rings. The van der Waals surface area contributed by atoms with E-state index in [4.69, 9.17) is 0 Å². The lowest BCUT2D eigenvalue weighted by Crippen LogP contribution is -2.35. The van der Waals surface area contributed by atoms with Crippen LogP contribution in [0.3, 0.4) is 0 Å². The first kappa shape index (κ1) is 10.7. The molecule has 0 radical (unpaired) electrons. The molecule has 1 fully saturated rings. The lowest BCUT2D eigenvalue weighted by Gasteiger charge is -2.38. The minimum atomic E-state index is 0.299. The van der Waals surface area contributed by atoms with Crippen molar-refractivity contribution in [3.63, 3.8) is 0 Å². The van der Waals surface area contributed by atoms with Crippen molar-refractivity contribution in [3.05, 3.63) is 0 Å². The fraction of sp³-hybridized carbons (Fsp3) is 0.917. The summed E-state index contributed by atoms with van der Waals surface area (Å²) < 4.78 is 0. The van der Waals surface area contributed by atoms with Gasteiger partial charge in [-0.25, -0.2) is 0 Å². The van der Waals surface area contributed by atoms with Crippen LogP contribution >= 0.6 is 0 Å². The number of rotatable bonds is 3. The van der Waals surface area contributed by atoms with E-state index in [1.807, 2.05) is 0 Å². The number of carbonyl (C=O) groups excluding carboxylic acids is 1. The van der Waals surface area contributed by atoms with E-state index in [0.717, 1.165) is 12.8 Å². The molecule has 1 aliphatic rings. The summed E-state index contributed by atoms with van der Waals surface area (Å²) in [5.41, 5.74) is 0.311. The SMILES string of the molecule is CCCCC1(C)CCCC(=O)C1C. The summed E-state index contributed by atoms with van der Waals surface area (Å²) in [4.78, 5) is 11.6. The van der Waals surface area contributed by atoms with Gasteiger partial charge in [-0.05, 0) is 24.7 Å². The van der Waals surface area contributed by atoms with E-state index in [2.05, 4.69) is 20.8 Å². The van der Waals surface area contributed by atoms with Gasteiger partial charge in [0.25, 0.3) is 0 Å². The maximum absolute atomic E-state index is 11.6. The summed E-state index contributed by atoms with van der Waals surface area (Å²) in [6.45, 7) is 6.64. The molecule has 0 aromatic heterocycles. The van der Waals surface area contributed by atoms with Crippen LogP contribution in [0.2, 0.25) is 0 Å². The van der Waals surface area contributed by atoms with Crippen molar-refractivity contribution < 1.29 is 4.79 Å². The molecular formula is C12H22O. The Morgan fingerprint density at radius 2 is 2.23 bits per heavy atom. The Morgan fingerprint density at radius 3 is 2.85 bits per heavy atom. The van der Waals surface area contributed by atoms with Gasteiger partial charge in [0.05, 0.1) is 0 Å². The summed E-state index contributed by atoms with van der Waals surface area (Å²) >= 11 is 0. The molecule has 1 rings (SSSR count). The molecule has 0 aliphatic heterocycles. The van der Waals surface area contributed by atoms with Crippen LogP contribution in [-0.4, -0.2) is 5.78 Å². The van der Waals surface area contributed by atoms with Crippen molar-refractivity contribution in [2.45, 2.75) is 59.3 Å². The predicted molar refractivity (Wildman–Crippen MR) is 55.7 cm³/mol. The highest BCUT2D eigenvalue weighted by Crippen LogP contribution is 2.42. The van der Waals surface area contributed by atoms with Crippen LogP contribution in [0.1, 0.15) is 59.3 Å². The first-order valence-electron chi connectivity index (χ1n) is 5.63. The van der Waals surface area contributed by atoms with E-state index in [9.17, 15) is 4.79 Å². The Labute approximate surface area is 81.9 Å². The van der Waals surface area contributed by atoms with Crippen molar-refractivity contribution in [1.82, 2.24) is 0 Å². The molecule has 0 amide bonds. The van der Waals surface area contributed by atoms with Crippen LogP contribution in [0.25, 0.3) is 0 Å². The normalized spacial score (nSPS) is 35.0. The third-order valence-corrected chi connectivity index (χ3v) is 3.80. The Morgan fingerprint density at radius 1 is 1.54 bits per heavy atom. The Bertz CT molecular complexity index is 186. The average Bonchev–Trinajstić information content (AvgIpc) is 2.11. The van der Waals surface area contributed by atoms with Crippen molar-refractivity contribution in [2.24, 2.45) is 11.3 Å². The molecule has 76 valence electrons. The summed E-state index contributed by atoms with van der Waals surface area (Å²) in [6, 6.07) is 0. The third kappa shape index (κ3) is 2.32. The Kier molecular flexibility index (Phi) is 3.52. The zero-order chi connectivity index (χ0) is 9.90. The summed E-state index contributed by atoms with van der Waals surface area (Å²) in [7, 11) is 0. The number of unbranched alkanes of at least 4 members (excludes halogenated alkanes) is 1. The lowest BCUT2D eigenvalue weighted by molar-refractivity contribution is -0.129. The summed E-state index contributed by atoms with van der Waals surface area (Å²) in [5, 5.41) is 0. The van der Waals surface area contributed by atoms with Gasteiger partial charge in [0.1, 0.15) is 5.78 Å². The highest BCUT2D eigenvalue weighted by Gasteiger charge is 2.37. The lowest BCUT2D eigenvalue weighted by atomic mass is 9.65. The third-order valence-electron chi connectivity index (χ3n) is 3.80. The topological polar surface area (TPSA) is 17.1 Å². The zero-order valence-corrected chi connectivity index (χ0v) is 9.23. The van der Waals surface area contributed by atoms with Crippen LogP contribution in [0.5, 0.6) is 0 Å². The fourth-order valence-corrected chi connectivity index (χ4v) is 2.41. The van der Waals surface area contributed by atoms with Crippen molar-refractivity contribution in [2.75, 3.05) is 0 Å². The number of Topliss-reactive ketones (excluding diaryl/α,β-unsaturated/α-hetero) is 1. The van der Waals surface area contributed by atoms with E-state index >= 15 is 0 Å². The second kappa shape index (κ2) is 4.26. The molecule has 0 N–H and O–H groups in total. The molecule has 0 aromatic carbocycles. The smallest absolute Gasteiger partial charge is 0.136 e. The van der Waals surface area contributed by atoms with E-state index in [0.29, 0.717) is 17.1 Å². The number of ketones is 1. The Hall–Kier alpha value is -0.330. The number of hydrogen-bond donors (Lipinski definition) is 0. The van der Waals surface area contributed by atoms with Gasteiger partial charge in [0.2, 0.25) is 0 Å². The van der Waals surface area contributed by atoms with Gasteiger partial charge in [-0.2, -0.15) is 0 Å². The zero-order valence-electron chi connectivity index (χ0n) is 9.23. The molecule has 1 saturated carbocycles. The van der Waals surface area contributed by atoms with E-state index in [1.54, 1.807) is 0 Å². The summed E-state index contributed by atoms with van der Waals surface area (Å²) in [6.07, 6.45) is 6.94. The van der Waals surface area contributed by atoms with Crippen molar-refractivity contribution >= 4 is 5.78 Å². The first-order valence-corrected chi connectivity index (χ1v) is 5.63. The second-order valence-corrected chi connectivity index (χ2v) is 4.80. The van der Waals surface area contributed by atoms with Crippen molar-refractivity contribution in [3.8, 4) is 0 Å². The first-order chi connectivity index (χ1) is 6.10. The van der Waals surface area contributed by atoms with Gasteiger partial charge < -0.3 is 0 Å². The number of carbonyl (C=O) groups is 1. The highest BCUT2D eigenvalue weighted by molar-refractivity contribution is 5.82. The van der Waals surface area contributed by atoms with Gasteiger partial charge in [-0.3, -0.25) is 4.79 Å². The van der Waals surface area contributed by atoms with Gasteiger partial charge >= 0.3 is 0 Å². The standard InChI is InChI=1S/C12H22O/c1-4-5-8-12(3)9-6-7-11(13)10(12)2/h10H,4-9H2,1-3H3. The van der Waals surface area contributed by atoms with Crippen LogP contribution in [0, 0.1) is 11.3 Å². The maximum atomic E-state index is 11.6. The monoisotopic (exact) mass is 182 g/mol. The molecule has 0 bridgehead atoms. The van der Waals surface area contributed by atoms with Crippen LogP contribution < -0.4 is 0 Å². The van der Waals surface area contributed by atoms with Gasteiger partial charge in [0, 0.05) is 12.3 Å². The van der Waals surface area contributed by atoms with Crippen LogP contribution in [0.4, 0.5) is 0 Å². The quantitative estimate of drug-likeness (QED) is 0.652. The molecule has 1 aliphatic carbocycles. The van der Waals surface area contributed by atoms with E-state index in [1.165, 1.54) is 25.7 Å². The van der Waals surface area contributed by atoms with Gasteiger partial charge in [-0.15, -0.1) is 0 Å². The predicted octanol–water partition coefficient (Wildman–Crippen LogP) is 3.57. The molecule has 1 heteroatoms. The molecule has 2 unspecified atom stereocenters. The van der Waals surface area contributed by atoms with E-state index < -0.39 is 0 Å². The molecule has 0 spiro atoms. The summed E-state index contributed by atoms with van der Waals surface area (Å²) in [5.74, 6) is 0.789. The van der Waals surface area contributed by atoms with Crippen molar-refractivity contribution in [1.29, 1.82) is 0 Å². The van der Waals surface area contributed by atoms with Crippen LogP contribution in [-0.2, 0) is 4.79 Å². The minimum absolute atomic E-state index is 0.299. The second-order valence-electron chi connectivity index (χ2n) is 4.80. The highest BCUT2D eigenvalue weighted by atomic mass is 16.1.